The van der Waals surface area contributed by atoms with Crippen LogP contribution in [-0.4, -0.2) is 146 Å². The van der Waals surface area contributed by atoms with Crippen LogP contribution in [0.2, 0.25) is 0 Å². The average Bonchev–Trinajstić information content (AvgIpc) is 3.65. The predicted octanol–water partition coefficient (Wildman–Crippen LogP) is 10.1. The fourth-order valence-electron chi connectivity index (χ4n) is 11.8. The molecule has 2 atom stereocenters. The third kappa shape index (κ3) is 12.1. The third-order valence-electron chi connectivity index (χ3n) is 15.6. The zero-order chi connectivity index (χ0) is 55.8. The summed E-state index contributed by atoms with van der Waals surface area (Å²) in [5.41, 5.74) is -6.62. The molecule has 14 nitrogen and oxygen atoms in total. The van der Waals surface area contributed by atoms with Gasteiger partial charge < -0.3 is 24.0 Å². The Balaban J connectivity index is 0.946. The summed E-state index contributed by atoms with van der Waals surface area (Å²) < 4.78 is 105. The minimum atomic E-state index is -5.16. The van der Waals surface area contributed by atoms with Crippen LogP contribution < -0.4 is 14.5 Å². The molecule has 2 saturated carbocycles. The zero-order valence-electron chi connectivity index (χ0n) is 43.8. The SMILES string of the molecule is CCC(=O)c1ccc(N2C(=O)C(C)(C)N(C3CCC(OCCBr)CC3)C2=S)c(OC(=O)CCN2[C@H](C)CN(CCOC3CCC(N4C(=S)N(c5ccc(C#N)c(C(F)(F)F)c5)C(=O)C4(C)C)CC3)C[C@@H]2C)c1C(F)(F)F. The highest BCUT2D eigenvalue weighted by Crippen LogP contribution is 2.48. The van der Waals surface area contributed by atoms with Crippen molar-refractivity contribution in [1.82, 2.24) is 19.6 Å². The molecular formula is C53H66BrF6N7O7S2. The van der Waals surface area contributed by atoms with E-state index in [1.54, 1.807) is 38.7 Å². The number of nitriles is 1. The summed E-state index contributed by atoms with van der Waals surface area (Å²) >= 11 is 15.0. The lowest BCUT2D eigenvalue weighted by Crippen LogP contribution is -2.57. The number of hydrogen-bond acceptors (Lipinski definition) is 12. The summed E-state index contributed by atoms with van der Waals surface area (Å²) in [5.74, 6) is -3.78. The molecular weight excluding hydrogens is 1100 g/mol. The number of alkyl halides is 7. The molecule has 0 bridgehead atoms. The van der Waals surface area contributed by atoms with Crippen LogP contribution in [0.1, 0.15) is 140 Å². The van der Waals surface area contributed by atoms with Crippen LogP contribution in [0.3, 0.4) is 0 Å². The number of esters is 1. The first-order valence-electron chi connectivity index (χ1n) is 25.9. The number of halogens is 7. The molecule has 416 valence electrons. The minimum Gasteiger partial charge on any atom is -0.424 e. The van der Waals surface area contributed by atoms with E-state index in [4.69, 9.17) is 38.6 Å². The number of hydrogen-bond donors (Lipinski definition) is 0. The zero-order valence-corrected chi connectivity index (χ0v) is 47.0. The Hall–Kier alpha value is -4.31. The van der Waals surface area contributed by atoms with E-state index in [0.29, 0.717) is 89.5 Å². The predicted molar refractivity (Wildman–Crippen MR) is 284 cm³/mol. The van der Waals surface area contributed by atoms with Gasteiger partial charge in [-0.1, -0.05) is 22.9 Å². The minimum absolute atomic E-state index is 0.0176. The van der Waals surface area contributed by atoms with Crippen LogP contribution in [0.5, 0.6) is 5.75 Å². The summed E-state index contributed by atoms with van der Waals surface area (Å²) in [5, 5.41) is 10.1. The van der Waals surface area contributed by atoms with E-state index in [1.165, 1.54) is 19.1 Å². The van der Waals surface area contributed by atoms with Crippen molar-refractivity contribution in [3.05, 3.63) is 52.6 Å². The van der Waals surface area contributed by atoms with Gasteiger partial charge in [-0.05, 0) is 148 Å². The van der Waals surface area contributed by atoms with Gasteiger partial charge in [0.1, 0.15) is 16.6 Å². The molecule has 3 aliphatic heterocycles. The lowest BCUT2D eigenvalue weighted by Gasteiger charge is -2.44. The van der Waals surface area contributed by atoms with Crippen molar-refractivity contribution in [3.8, 4) is 11.8 Å². The van der Waals surface area contributed by atoms with Crippen molar-refractivity contribution in [1.29, 1.82) is 5.26 Å². The lowest BCUT2D eigenvalue weighted by atomic mass is 9.89. The number of carbonyl (C=O) groups is 4. The van der Waals surface area contributed by atoms with Crippen LogP contribution in [0.15, 0.2) is 30.3 Å². The molecule has 0 spiro atoms. The van der Waals surface area contributed by atoms with Crippen molar-refractivity contribution in [2.45, 2.75) is 172 Å². The first kappa shape index (κ1) is 59.4. The molecule has 0 N–H and O–H groups in total. The summed E-state index contributed by atoms with van der Waals surface area (Å²) in [6, 6.07) is 6.42. The molecule has 2 aromatic rings. The number of anilines is 2. The molecule has 0 aromatic heterocycles. The number of piperazine rings is 1. The highest BCUT2D eigenvalue weighted by molar-refractivity contribution is 9.09. The number of carbonyl (C=O) groups excluding carboxylic acids is 4. The third-order valence-corrected chi connectivity index (χ3v) is 16.7. The van der Waals surface area contributed by atoms with Gasteiger partial charge in [0.2, 0.25) is 0 Å². The number of Topliss-reactive ketones (excluding diaryl/α,β-unsaturated/α-hetero) is 1. The van der Waals surface area contributed by atoms with Gasteiger partial charge in [-0.2, -0.15) is 31.6 Å². The van der Waals surface area contributed by atoms with Crippen LogP contribution >= 0.6 is 40.4 Å². The van der Waals surface area contributed by atoms with E-state index in [0.717, 1.165) is 28.0 Å². The normalized spacial score (nSPS) is 25.6. The van der Waals surface area contributed by atoms with Crippen molar-refractivity contribution in [2.75, 3.05) is 54.5 Å². The Bertz CT molecular complexity index is 2590. The number of nitrogens with zero attached hydrogens (tertiary/aromatic N) is 7. The molecule has 76 heavy (non-hydrogen) atoms. The van der Waals surface area contributed by atoms with Crippen LogP contribution in [0, 0.1) is 11.3 Å². The number of ketones is 1. The quantitative estimate of drug-likeness (QED) is 0.0371. The second-order valence-corrected chi connectivity index (χ2v) is 22.9. The highest BCUT2D eigenvalue weighted by atomic mass is 79.9. The fourth-order valence-corrected chi connectivity index (χ4v) is 13.1. The standard InChI is InChI=1S/C53H66BrF6N7O7S2/c1-8-42(68)39-19-20-41(65-47(71)51(6,7)67(49(65)76)35-11-15-37(16-12-35)72-25-22-54)45(44(39)53(58,59)60)74-43(69)21-23-63-31(2)29-62(30-32(63)3)24-26-73-38-17-13-34(14-18-38)66-48(75)64(46(70)50(66,4)5)36-10-9-33(28-61)40(27-36)52(55,56)57/h9-10,19-20,27,31-32,34-35,37-38H,8,11-18,21-26,29-30H2,1-7H3/t31-,32+,34?,35?,37?,38?. The molecule has 5 aliphatic rings. The van der Waals surface area contributed by atoms with E-state index in [-0.39, 0.29) is 77.4 Å². The monoisotopic (exact) mass is 1170 g/mol. The largest absolute Gasteiger partial charge is 0.424 e. The number of ether oxygens (including phenoxy) is 3. The first-order chi connectivity index (χ1) is 35.7. The van der Waals surface area contributed by atoms with E-state index >= 15 is 13.2 Å². The summed E-state index contributed by atoms with van der Waals surface area (Å²) in [4.78, 5) is 65.1. The molecule has 0 unspecified atom stereocenters. The number of amides is 2. The number of thiocarbonyl (C=S) groups is 2. The molecule has 2 aromatic carbocycles. The summed E-state index contributed by atoms with van der Waals surface area (Å²) in [6.45, 7) is 15.1. The molecule has 7 rings (SSSR count). The highest BCUT2D eigenvalue weighted by Gasteiger charge is 2.55. The lowest BCUT2D eigenvalue weighted by molar-refractivity contribution is -0.143. The maximum atomic E-state index is 15.2. The fraction of sp³-hybridized carbons (Fsp3) is 0.642. The van der Waals surface area contributed by atoms with Gasteiger partial charge >= 0.3 is 18.3 Å². The van der Waals surface area contributed by atoms with Crippen LogP contribution in [-0.2, 0) is 36.2 Å². The summed E-state index contributed by atoms with van der Waals surface area (Å²) in [7, 11) is 0. The van der Waals surface area contributed by atoms with Crippen molar-refractivity contribution in [3.63, 3.8) is 0 Å². The molecule has 2 aliphatic carbocycles. The molecule has 0 radical (unpaired) electrons. The molecule has 23 heteroatoms. The van der Waals surface area contributed by atoms with E-state index < -0.39 is 75.0 Å². The van der Waals surface area contributed by atoms with Gasteiger partial charge in [0.05, 0.1) is 60.4 Å². The Morgan fingerprint density at radius 3 is 1.79 bits per heavy atom. The topological polar surface area (TPSA) is 139 Å². The van der Waals surface area contributed by atoms with Gasteiger partial charge in [-0.3, -0.25) is 38.8 Å². The summed E-state index contributed by atoms with van der Waals surface area (Å²) in [6.07, 6.45) is -5.29. The molecule has 5 fully saturated rings. The van der Waals surface area contributed by atoms with Gasteiger partial charge in [0.15, 0.2) is 21.8 Å². The molecule has 3 saturated heterocycles. The Labute approximate surface area is 459 Å². The Morgan fingerprint density at radius 2 is 1.29 bits per heavy atom. The van der Waals surface area contributed by atoms with Gasteiger partial charge in [-0.15, -0.1) is 0 Å². The number of rotatable bonds is 17. The maximum Gasteiger partial charge on any atom is 0.420 e. The van der Waals surface area contributed by atoms with Crippen LogP contribution in [0.4, 0.5) is 37.7 Å². The Kier molecular flexibility index (Phi) is 18.4. The van der Waals surface area contributed by atoms with Gasteiger partial charge in [0.25, 0.3) is 11.8 Å². The van der Waals surface area contributed by atoms with E-state index in [2.05, 4.69) is 25.7 Å². The van der Waals surface area contributed by atoms with Crippen molar-refractivity contribution < 1.29 is 59.7 Å². The molecule has 3 heterocycles. The van der Waals surface area contributed by atoms with E-state index in [1.807, 2.05) is 18.7 Å². The van der Waals surface area contributed by atoms with E-state index in [9.17, 15) is 37.6 Å². The smallest absolute Gasteiger partial charge is 0.420 e. The van der Waals surface area contributed by atoms with Crippen molar-refractivity contribution in [2.24, 2.45) is 0 Å². The van der Waals surface area contributed by atoms with Gasteiger partial charge in [0, 0.05) is 67.7 Å². The second-order valence-electron chi connectivity index (χ2n) is 21.4. The van der Waals surface area contributed by atoms with Gasteiger partial charge in [-0.25, -0.2) is 0 Å². The first-order valence-corrected chi connectivity index (χ1v) is 27.8. The number of benzene rings is 2. The average molecular weight is 1170 g/mol. The second kappa shape index (κ2) is 23.6. The maximum absolute atomic E-state index is 15.2. The Morgan fingerprint density at radius 1 is 0.763 bits per heavy atom. The molecule has 2 amide bonds. The van der Waals surface area contributed by atoms with Crippen LogP contribution in [0.25, 0.3) is 0 Å². The van der Waals surface area contributed by atoms with Crippen molar-refractivity contribution >= 4 is 85.5 Å².